The highest BCUT2D eigenvalue weighted by atomic mass is 16.4. The van der Waals surface area contributed by atoms with Crippen LogP contribution in [0, 0.1) is 0 Å². The Labute approximate surface area is 122 Å². The van der Waals surface area contributed by atoms with Crippen molar-refractivity contribution in [3.63, 3.8) is 0 Å². The zero-order valence-electron chi connectivity index (χ0n) is 11.4. The molecule has 1 saturated heterocycles. The lowest BCUT2D eigenvalue weighted by atomic mass is 10.1. The van der Waals surface area contributed by atoms with E-state index in [2.05, 4.69) is 15.5 Å². The molecule has 0 amide bonds. The third kappa shape index (κ3) is 3.00. The van der Waals surface area contributed by atoms with Crippen molar-refractivity contribution in [1.82, 2.24) is 15.5 Å². The SMILES string of the molecule is O=C(O)C1CN(c2ccc(-c3ccccc3)nn2)CCN1. The van der Waals surface area contributed by atoms with E-state index in [-0.39, 0.29) is 0 Å². The summed E-state index contributed by atoms with van der Waals surface area (Å²) in [5.41, 5.74) is 1.82. The second kappa shape index (κ2) is 5.88. The molecule has 6 nitrogen and oxygen atoms in total. The monoisotopic (exact) mass is 284 g/mol. The van der Waals surface area contributed by atoms with Gasteiger partial charge in [-0.25, -0.2) is 0 Å². The van der Waals surface area contributed by atoms with Gasteiger partial charge in [-0.3, -0.25) is 4.79 Å². The molecule has 1 aromatic heterocycles. The first-order valence-corrected chi connectivity index (χ1v) is 6.84. The van der Waals surface area contributed by atoms with Crippen LogP contribution >= 0.6 is 0 Å². The van der Waals surface area contributed by atoms with E-state index in [1.54, 1.807) is 0 Å². The Balaban J connectivity index is 1.76. The fourth-order valence-corrected chi connectivity index (χ4v) is 2.38. The summed E-state index contributed by atoms with van der Waals surface area (Å²) in [6, 6.07) is 13.1. The van der Waals surface area contributed by atoms with Crippen LogP contribution in [0.4, 0.5) is 5.82 Å². The Kier molecular flexibility index (Phi) is 3.79. The highest BCUT2D eigenvalue weighted by Crippen LogP contribution is 2.18. The summed E-state index contributed by atoms with van der Waals surface area (Å²) in [4.78, 5) is 13.0. The third-order valence-corrected chi connectivity index (χ3v) is 3.52. The van der Waals surface area contributed by atoms with E-state index in [9.17, 15) is 4.79 Å². The van der Waals surface area contributed by atoms with Crippen molar-refractivity contribution in [3.05, 3.63) is 42.5 Å². The van der Waals surface area contributed by atoms with Crippen molar-refractivity contribution in [2.75, 3.05) is 24.5 Å². The van der Waals surface area contributed by atoms with Gasteiger partial charge in [-0.1, -0.05) is 30.3 Å². The molecule has 0 bridgehead atoms. The molecule has 1 atom stereocenters. The van der Waals surface area contributed by atoms with Crippen molar-refractivity contribution in [1.29, 1.82) is 0 Å². The van der Waals surface area contributed by atoms with Crippen molar-refractivity contribution in [2.24, 2.45) is 0 Å². The van der Waals surface area contributed by atoms with Gasteiger partial charge >= 0.3 is 5.97 Å². The molecule has 0 saturated carbocycles. The van der Waals surface area contributed by atoms with Gasteiger partial charge in [0, 0.05) is 25.2 Å². The van der Waals surface area contributed by atoms with E-state index >= 15 is 0 Å². The summed E-state index contributed by atoms with van der Waals surface area (Å²) in [5, 5.41) is 20.5. The molecule has 2 N–H and O–H groups in total. The lowest BCUT2D eigenvalue weighted by Gasteiger charge is -2.32. The molecule has 0 aliphatic carbocycles. The highest BCUT2D eigenvalue weighted by molar-refractivity contribution is 5.74. The maximum Gasteiger partial charge on any atom is 0.322 e. The molecule has 3 rings (SSSR count). The van der Waals surface area contributed by atoms with Gasteiger partial charge in [-0.2, -0.15) is 0 Å². The van der Waals surface area contributed by atoms with Crippen LogP contribution in [0.1, 0.15) is 0 Å². The minimum absolute atomic E-state index is 0.398. The van der Waals surface area contributed by atoms with Gasteiger partial charge in [0.25, 0.3) is 0 Å². The number of hydrogen-bond donors (Lipinski definition) is 2. The van der Waals surface area contributed by atoms with E-state index in [0.717, 1.165) is 17.8 Å². The van der Waals surface area contributed by atoms with Gasteiger partial charge < -0.3 is 15.3 Å². The normalized spacial score (nSPS) is 18.5. The van der Waals surface area contributed by atoms with E-state index in [1.165, 1.54) is 0 Å². The van der Waals surface area contributed by atoms with Crippen LogP contribution in [0.15, 0.2) is 42.5 Å². The number of carboxylic acid groups (broad SMARTS) is 1. The Morgan fingerprint density at radius 2 is 2.00 bits per heavy atom. The van der Waals surface area contributed by atoms with E-state index < -0.39 is 12.0 Å². The van der Waals surface area contributed by atoms with Crippen LogP contribution in [0.25, 0.3) is 11.3 Å². The molecule has 2 heterocycles. The fourth-order valence-electron chi connectivity index (χ4n) is 2.38. The molecule has 2 aromatic rings. The molecule has 1 unspecified atom stereocenters. The zero-order valence-corrected chi connectivity index (χ0v) is 11.4. The van der Waals surface area contributed by atoms with Crippen molar-refractivity contribution in [3.8, 4) is 11.3 Å². The Morgan fingerprint density at radius 1 is 1.19 bits per heavy atom. The number of rotatable bonds is 3. The zero-order chi connectivity index (χ0) is 14.7. The molecular weight excluding hydrogens is 268 g/mol. The molecule has 0 radical (unpaired) electrons. The average molecular weight is 284 g/mol. The van der Waals surface area contributed by atoms with Crippen LogP contribution < -0.4 is 10.2 Å². The van der Waals surface area contributed by atoms with Crippen LogP contribution in [-0.4, -0.2) is 46.9 Å². The number of anilines is 1. The number of aromatic nitrogens is 2. The molecular formula is C15H16N4O2. The van der Waals surface area contributed by atoms with Crippen molar-refractivity contribution in [2.45, 2.75) is 6.04 Å². The summed E-state index contributed by atoms with van der Waals surface area (Å²) < 4.78 is 0. The first-order valence-electron chi connectivity index (χ1n) is 6.84. The van der Waals surface area contributed by atoms with E-state index in [0.29, 0.717) is 18.9 Å². The minimum atomic E-state index is -0.839. The number of nitrogens with one attached hydrogen (secondary N) is 1. The van der Waals surface area contributed by atoms with Crippen LogP contribution in [0.3, 0.4) is 0 Å². The van der Waals surface area contributed by atoms with Gasteiger partial charge in [0.05, 0.1) is 5.69 Å². The summed E-state index contributed by atoms with van der Waals surface area (Å²) in [5.74, 6) is -0.129. The molecule has 108 valence electrons. The summed E-state index contributed by atoms with van der Waals surface area (Å²) >= 11 is 0. The molecule has 1 aromatic carbocycles. The number of carboxylic acids is 1. The van der Waals surface area contributed by atoms with Gasteiger partial charge in [-0.15, -0.1) is 10.2 Å². The average Bonchev–Trinajstić information content (AvgIpc) is 2.56. The summed E-state index contributed by atoms with van der Waals surface area (Å²) in [6.45, 7) is 1.75. The van der Waals surface area contributed by atoms with Gasteiger partial charge in [0.15, 0.2) is 5.82 Å². The topological polar surface area (TPSA) is 78.3 Å². The minimum Gasteiger partial charge on any atom is -0.480 e. The lowest BCUT2D eigenvalue weighted by molar-refractivity contribution is -0.139. The number of carbonyl (C=O) groups is 1. The van der Waals surface area contributed by atoms with E-state index in [4.69, 9.17) is 5.11 Å². The summed E-state index contributed by atoms with van der Waals surface area (Å²) in [6.07, 6.45) is 0. The predicted octanol–water partition coefficient (Wildman–Crippen LogP) is 1.01. The quantitative estimate of drug-likeness (QED) is 0.875. The first-order chi connectivity index (χ1) is 10.2. The largest absolute Gasteiger partial charge is 0.480 e. The second-order valence-electron chi connectivity index (χ2n) is 4.93. The van der Waals surface area contributed by atoms with E-state index in [1.807, 2.05) is 47.4 Å². The Hall–Kier alpha value is -2.47. The van der Waals surface area contributed by atoms with Gasteiger partial charge in [-0.05, 0) is 12.1 Å². The molecule has 1 aliphatic heterocycles. The van der Waals surface area contributed by atoms with Crippen molar-refractivity contribution >= 4 is 11.8 Å². The first kappa shape index (κ1) is 13.5. The number of piperazine rings is 1. The molecule has 0 spiro atoms. The van der Waals surface area contributed by atoms with Gasteiger partial charge in [0.1, 0.15) is 6.04 Å². The van der Waals surface area contributed by atoms with Gasteiger partial charge in [0.2, 0.25) is 0 Å². The molecule has 21 heavy (non-hydrogen) atoms. The number of aliphatic carboxylic acids is 1. The standard InChI is InChI=1S/C15H16N4O2/c20-15(21)13-10-19(9-8-16-13)14-7-6-12(17-18-14)11-4-2-1-3-5-11/h1-7,13,16H,8-10H2,(H,20,21). The maximum atomic E-state index is 11.0. The second-order valence-corrected chi connectivity index (χ2v) is 4.93. The third-order valence-electron chi connectivity index (χ3n) is 3.52. The summed E-state index contributed by atoms with van der Waals surface area (Å²) in [7, 11) is 0. The molecule has 6 heteroatoms. The van der Waals surface area contributed by atoms with Crippen LogP contribution in [0.2, 0.25) is 0 Å². The Morgan fingerprint density at radius 3 is 2.67 bits per heavy atom. The maximum absolute atomic E-state index is 11.0. The van der Waals surface area contributed by atoms with Crippen molar-refractivity contribution < 1.29 is 9.90 Å². The number of nitrogens with zero attached hydrogens (tertiary/aromatic N) is 3. The fraction of sp³-hybridized carbons (Fsp3) is 0.267. The molecule has 1 fully saturated rings. The highest BCUT2D eigenvalue weighted by Gasteiger charge is 2.25. The molecule has 1 aliphatic rings. The predicted molar refractivity (Wildman–Crippen MR) is 79.1 cm³/mol. The van der Waals surface area contributed by atoms with Crippen LogP contribution in [-0.2, 0) is 4.79 Å². The smallest absolute Gasteiger partial charge is 0.322 e. The number of hydrogen-bond acceptors (Lipinski definition) is 5. The number of benzene rings is 1. The Bertz CT molecular complexity index is 615. The van der Waals surface area contributed by atoms with Crippen LogP contribution in [0.5, 0.6) is 0 Å². The lowest BCUT2D eigenvalue weighted by Crippen LogP contribution is -2.54.